The van der Waals surface area contributed by atoms with Crippen molar-refractivity contribution >= 4 is 74.4 Å². The number of amides is 1. The van der Waals surface area contributed by atoms with E-state index in [4.69, 9.17) is 45.3 Å². The zero-order valence-electron chi connectivity index (χ0n) is 11.2. The first-order valence-corrected chi connectivity index (χ1v) is 9.05. The van der Waals surface area contributed by atoms with Crippen LogP contribution in [0.15, 0.2) is 0 Å². The Labute approximate surface area is 150 Å². The highest BCUT2D eigenvalue weighted by molar-refractivity contribution is 9.09. The zero-order valence-corrected chi connectivity index (χ0v) is 15.9. The van der Waals surface area contributed by atoms with E-state index in [-0.39, 0.29) is 22.7 Å². The van der Waals surface area contributed by atoms with Gasteiger partial charge in [0.2, 0.25) is 9.70 Å². The lowest BCUT2D eigenvalue weighted by Gasteiger charge is -2.42. The van der Waals surface area contributed by atoms with Gasteiger partial charge in [-0.3, -0.25) is 4.79 Å². The Morgan fingerprint density at radius 2 is 2.19 bits per heavy atom. The summed E-state index contributed by atoms with van der Waals surface area (Å²) in [7, 11) is 0. The van der Waals surface area contributed by atoms with Gasteiger partial charge in [0, 0.05) is 4.83 Å². The molecule has 0 aromatic carbocycles. The average molecular weight is 441 g/mol. The molecule has 0 aliphatic carbocycles. The number of nitrogens with two attached hydrogens (primary N) is 1. The number of hydrogen-bond acceptors (Lipinski definition) is 5. The van der Waals surface area contributed by atoms with Gasteiger partial charge in [0.05, 0.1) is 4.75 Å². The Hall–Kier alpha value is 0.600. The second kappa shape index (κ2) is 5.91. The first kappa shape index (κ1) is 17.9. The number of halogens is 4. The first-order valence-electron chi connectivity index (χ1n) is 6.12. The van der Waals surface area contributed by atoms with E-state index in [9.17, 15) is 9.59 Å². The predicted molar refractivity (Wildman–Crippen MR) is 88.0 cm³/mol. The Bertz CT molecular complexity index is 476. The van der Waals surface area contributed by atoms with E-state index in [1.165, 1.54) is 16.7 Å². The molecule has 0 bridgehead atoms. The number of thioether (sulfide) groups is 1. The van der Waals surface area contributed by atoms with Crippen LogP contribution in [-0.4, -0.2) is 54.2 Å². The molecule has 1 amide bonds. The minimum atomic E-state index is -1.69. The number of fused-ring (bicyclic) bond motifs is 1. The van der Waals surface area contributed by atoms with E-state index in [0.717, 1.165) is 0 Å². The maximum atomic E-state index is 12.4. The highest BCUT2D eigenvalue weighted by Gasteiger charge is 2.65. The monoisotopic (exact) mass is 438 g/mol. The highest BCUT2D eigenvalue weighted by atomic mass is 79.9. The summed E-state index contributed by atoms with van der Waals surface area (Å²) in [4.78, 5) is 25.8. The molecule has 2 aliphatic heterocycles. The molecular weight excluding hydrogens is 426 g/mol. The summed E-state index contributed by atoms with van der Waals surface area (Å²) in [5.41, 5.74) is 5.79. The smallest absolute Gasteiger partial charge is 0.330 e. The Kier molecular flexibility index (Phi) is 5.05. The third-order valence-electron chi connectivity index (χ3n) is 3.71. The van der Waals surface area contributed by atoms with Crippen LogP contribution in [0.4, 0.5) is 0 Å². The minimum Gasteiger partial charge on any atom is -0.460 e. The number of carbonyl (C=O) groups is 2. The number of alkyl halides is 4. The SMILES string of the molecule is CC(Br)C1(C)S[C@@H]2C(N)C(=O)N2C1C(=O)OCC(Cl)(Cl)Cl. The van der Waals surface area contributed by atoms with Crippen LogP contribution >= 0.6 is 62.5 Å². The number of ether oxygens (including phenoxy) is 1. The molecule has 5 nitrogen and oxygen atoms in total. The Morgan fingerprint density at radius 1 is 1.62 bits per heavy atom. The van der Waals surface area contributed by atoms with Gasteiger partial charge >= 0.3 is 5.97 Å². The summed E-state index contributed by atoms with van der Waals surface area (Å²) in [6.45, 7) is 3.42. The second-order valence-electron chi connectivity index (χ2n) is 5.20. The number of carbonyl (C=O) groups excluding carboxylic acids is 2. The summed E-state index contributed by atoms with van der Waals surface area (Å²) in [5, 5.41) is -0.229. The summed E-state index contributed by atoms with van der Waals surface area (Å²) < 4.78 is 2.81. The van der Waals surface area contributed by atoms with Gasteiger partial charge in [-0.15, -0.1) is 11.8 Å². The van der Waals surface area contributed by atoms with Crippen molar-refractivity contribution in [3.8, 4) is 0 Å². The molecule has 21 heavy (non-hydrogen) atoms. The standard InChI is InChI=1S/C11H14BrCl3N2O3S/c1-4(12)10(2)6(9(19)20-3-11(13,14)15)17-7(18)5(16)8(17)21-10/h4-6,8H,3,16H2,1-2H3/t4?,5?,6?,8-,10?/m1/s1. The minimum absolute atomic E-state index is 0.0501. The molecule has 2 fully saturated rings. The van der Waals surface area contributed by atoms with Crippen LogP contribution in [0.2, 0.25) is 0 Å². The zero-order chi connectivity index (χ0) is 16.2. The normalized spacial score (nSPS) is 37.0. The molecule has 4 unspecified atom stereocenters. The third kappa shape index (κ3) is 3.15. The molecule has 2 heterocycles. The van der Waals surface area contributed by atoms with Crippen molar-refractivity contribution in [3.63, 3.8) is 0 Å². The molecule has 2 saturated heterocycles. The number of rotatable bonds is 3. The fourth-order valence-corrected chi connectivity index (χ4v) is 4.79. The van der Waals surface area contributed by atoms with Crippen LogP contribution in [0.5, 0.6) is 0 Å². The van der Waals surface area contributed by atoms with E-state index in [1.54, 1.807) is 0 Å². The molecule has 0 aromatic heterocycles. The topological polar surface area (TPSA) is 72.6 Å². The summed E-state index contributed by atoms with van der Waals surface area (Å²) in [5.74, 6) is -0.856. The fraction of sp³-hybridized carbons (Fsp3) is 0.818. The van der Waals surface area contributed by atoms with Gasteiger partial charge in [-0.1, -0.05) is 57.7 Å². The van der Waals surface area contributed by atoms with Crippen LogP contribution in [0.25, 0.3) is 0 Å². The first-order chi connectivity index (χ1) is 9.49. The molecule has 0 radical (unpaired) electrons. The molecule has 5 atom stereocenters. The van der Waals surface area contributed by atoms with Crippen molar-refractivity contribution < 1.29 is 14.3 Å². The maximum Gasteiger partial charge on any atom is 0.330 e. The fourth-order valence-electron chi connectivity index (χ4n) is 2.41. The van der Waals surface area contributed by atoms with Crippen molar-refractivity contribution in [1.29, 1.82) is 0 Å². The lowest BCUT2D eigenvalue weighted by molar-refractivity contribution is -0.162. The molecule has 120 valence electrons. The highest BCUT2D eigenvalue weighted by Crippen LogP contribution is 2.53. The van der Waals surface area contributed by atoms with Crippen molar-refractivity contribution in [2.24, 2.45) is 5.73 Å². The average Bonchev–Trinajstić information content (AvgIpc) is 2.67. The third-order valence-corrected chi connectivity index (χ3v) is 7.14. The summed E-state index contributed by atoms with van der Waals surface area (Å²) in [6.07, 6.45) is 0. The lowest BCUT2D eigenvalue weighted by Crippen LogP contribution is -2.69. The lowest BCUT2D eigenvalue weighted by atomic mass is 9.93. The molecule has 2 rings (SSSR count). The van der Waals surface area contributed by atoms with Gasteiger partial charge in [0.25, 0.3) is 0 Å². The Balaban J connectivity index is 2.21. The van der Waals surface area contributed by atoms with Crippen molar-refractivity contribution in [2.45, 2.75) is 44.7 Å². The van der Waals surface area contributed by atoms with E-state index in [1.807, 2.05) is 13.8 Å². The van der Waals surface area contributed by atoms with E-state index in [2.05, 4.69) is 15.9 Å². The van der Waals surface area contributed by atoms with Gasteiger partial charge in [-0.05, 0) is 6.92 Å². The van der Waals surface area contributed by atoms with E-state index >= 15 is 0 Å². The van der Waals surface area contributed by atoms with Gasteiger partial charge in [-0.25, -0.2) is 4.79 Å². The predicted octanol–water partition coefficient (Wildman–Crippen LogP) is 2.05. The van der Waals surface area contributed by atoms with Crippen LogP contribution in [-0.2, 0) is 14.3 Å². The van der Waals surface area contributed by atoms with Gasteiger partial charge in [0.1, 0.15) is 24.1 Å². The van der Waals surface area contributed by atoms with Crippen LogP contribution in [0.1, 0.15) is 13.8 Å². The van der Waals surface area contributed by atoms with Crippen LogP contribution < -0.4 is 5.73 Å². The number of β-lactam (4-membered cyclic amide) rings is 1. The van der Waals surface area contributed by atoms with E-state index in [0.29, 0.717) is 0 Å². The molecular formula is C11H14BrCl3N2O3S. The van der Waals surface area contributed by atoms with Gasteiger partial charge < -0.3 is 15.4 Å². The quantitative estimate of drug-likeness (QED) is 0.413. The molecule has 2 aliphatic rings. The summed E-state index contributed by atoms with van der Waals surface area (Å²) in [6, 6.07) is -1.35. The molecule has 0 spiro atoms. The van der Waals surface area contributed by atoms with Gasteiger partial charge in [-0.2, -0.15) is 0 Å². The second-order valence-corrected chi connectivity index (χ2v) is 10.7. The van der Waals surface area contributed by atoms with Crippen LogP contribution in [0, 0.1) is 0 Å². The maximum absolute atomic E-state index is 12.4. The van der Waals surface area contributed by atoms with E-state index < -0.39 is 26.6 Å². The summed E-state index contributed by atoms with van der Waals surface area (Å²) >= 11 is 21.7. The molecule has 0 aromatic rings. The largest absolute Gasteiger partial charge is 0.460 e. The van der Waals surface area contributed by atoms with Crippen molar-refractivity contribution in [2.75, 3.05) is 6.61 Å². The van der Waals surface area contributed by atoms with Gasteiger partial charge in [0.15, 0.2) is 0 Å². The van der Waals surface area contributed by atoms with Crippen molar-refractivity contribution in [1.82, 2.24) is 4.90 Å². The van der Waals surface area contributed by atoms with Crippen LogP contribution in [0.3, 0.4) is 0 Å². The molecule has 10 heteroatoms. The molecule has 0 saturated carbocycles. The number of nitrogens with zero attached hydrogens (tertiary/aromatic N) is 1. The number of esters is 1. The molecule has 2 N–H and O–H groups in total. The number of hydrogen-bond donors (Lipinski definition) is 1. The van der Waals surface area contributed by atoms with Crippen molar-refractivity contribution in [3.05, 3.63) is 0 Å². The Morgan fingerprint density at radius 3 is 2.67 bits per heavy atom.